The summed E-state index contributed by atoms with van der Waals surface area (Å²) in [7, 11) is -4.87. The van der Waals surface area contributed by atoms with Gasteiger partial charge in [0.1, 0.15) is 0 Å². The van der Waals surface area contributed by atoms with Crippen LogP contribution in [0.15, 0.2) is 12.3 Å². The summed E-state index contributed by atoms with van der Waals surface area (Å²) >= 11 is 0. The van der Waals surface area contributed by atoms with Gasteiger partial charge in [-0.25, -0.2) is 9.09 Å². The van der Waals surface area contributed by atoms with E-state index < -0.39 is 13.8 Å². The molecule has 0 aromatic carbocycles. The lowest BCUT2D eigenvalue weighted by Crippen LogP contribution is -2.42. The Morgan fingerprint density at radius 3 is 1.78 bits per heavy atom. The van der Waals surface area contributed by atoms with E-state index in [0.717, 1.165) is 25.7 Å². The highest BCUT2D eigenvalue weighted by Crippen LogP contribution is 2.45. The lowest BCUT2D eigenvalue weighted by atomic mass is 10.3. The molecule has 138 valence electrons. The van der Waals surface area contributed by atoms with Crippen LogP contribution in [0.4, 0.5) is 0 Å². The number of hydrogen-bond donors (Lipinski definition) is 2. The summed E-state index contributed by atoms with van der Waals surface area (Å²) in [6, 6.07) is 0. The SMILES string of the molecule is C=C(OCCCC)C(OCCCC)(OCCCC)OP(=O)(O)O. The van der Waals surface area contributed by atoms with Crippen LogP contribution in [-0.4, -0.2) is 35.6 Å². The molecule has 0 aliphatic carbocycles. The predicted molar refractivity (Wildman–Crippen MR) is 87.6 cm³/mol. The molecule has 0 amide bonds. The van der Waals surface area contributed by atoms with E-state index in [0.29, 0.717) is 19.4 Å². The summed E-state index contributed by atoms with van der Waals surface area (Å²) in [4.78, 5) is 18.4. The van der Waals surface area contributed by atoms with E-state index in [1.165, 1.54) is 0 Å². The van der Waals surface area contributed by atoms with Gasteiger partial charge in [0.25, 0.3) is 0 Å². The molecule has 23 heavy (non-hydrogen) atoms. The molecule has 0 heterocycles. The van der Waals surface area contributed by atoms with Gasteiger partial charge in [-0.2, -0.15) is 0 Å². The summed E-state index contributed by atoms with van der Waals surface area (Å²) in [6.07, 6.45) is 4.76. The normalized spacial score (nSPS) is 12.4. The molecule has 0 fully saturated rings. The molecule has 0 unspecified atom stereocenters. The minimum Gasteiger partial charge on any atom is -0.490 e. The smallest absolute Gasteiger partial charge is 0.474 e. The van der Waals surface area contributed by atoms with E-state index >= 15 is 0 Å². The maximum absolute atomic E-state index is 11.4. The fourth-order valence-corrected chi connectivity index (χ4v) is 2.11. The summed E-state index contributed by atoms with van der Waals surface area (Å²) < 4.78 is 32.7. The van der Waals surface area contributed by atoms with Crippen LogP contribution >= 0.6 is 7.82 Å². The second-order valence-corrected chi connectivity index (χ2v) is 6.33. The van der Waals surface area contributed by atoms with Gasteiger partial charge >= 0.3 is 13.8 Å². The van der Waals surface area contributed by atoms with Crippen LogP contribution in [0, 0.1) is 0 Å². The van der Waals surface area contributed by atoms with Crippen molar-refractivity contribution in [1.29, 1.82) is 0 Å². The zero-order valence-corrected chi connectivity index (χ0v) is 15.3. The van der Waals surface area contributed by atoms with E-state index in [1.807, 2.05) is 20.8 Å². The van der Waals surface area contributed by atoms with Crippen molar-refractivity contribution in [2.45, 2.75) is 65.3 Å². The summed E-state index contributed by atoms with van der Waals surface area (Å²) in [5.41, 5.74) is 0. The summed E-state index contributed by atoms with van der Waals surface area (Å²) in [5.74, 6) is -2.17. The van der Waals surface area contributed by atoms with Crippen molar-refractivity contribution in [1.82, 2.24) is 0 Å². The second kappa shape index (κ2) is 12.0. The quantitative estimate of drug-likeness (QED) is 0.200. The van der Waals surface area contributed by atoms with Gasteiger partial charge in [-0.3, -0.25) is 0 Å². The molecule has 0 saturated carbocycles. The molecule has 0 rings (SSSR count). The molecular formula is C15H31O7P. The van der Waals surface area contributed by atoms with Crippen LogP contribution in [0.3, 0.4) is 0 Å². The van der Waals surface area contributed by atoms with Crippen molar-refractivity contribution in [2.75, 3.05) is 19.8 Å². The van der Waals surface area contributed by atoms with Crippen LogP contribution in [-0.2, 0) is 23.3 Å². The Morgan fingerprint density at radius 1 is 0.957 bits per heavy atom. The molecule has 8 heteroatoms. The first kappa shape index (κ1) is 22.6. The fraction of sp³-hybridized carbons (Fsp3) is 0.867. The van der Waals surface area contributed by atoms with E-state index in [2.05, 4.69) is 6.58 Å². The molecule has 0 aliphatic heterocycles. The first-order valence-corrected chi connectivity index (χ1v) is 9.70. The Kier molecular flexibility index (Phi) is 11.8. The van der Waals surface area contributed by atoms with Crippen molar-refractivity contribution in [3.63, 3.8) is 0 Å². The monoisotopic (exact) mass is 354 g/mol. The average Bonchev–Trinajstić information content (AvgIpc) is 2.46. The number of unbranched alkanes of at least 4 members (excludes halogenated alkanes) is 3. The average molecular weight is 354 g/mol. The van der Waals surface area contributed by atoms with Crippen LogP contribution < -0.4 is 0 Å². The van der Waals surface area contributed by atoms with Gasteiger partial charge in [-0.05, 0) is 19.3 Å². The van der Waals surface area contributed by atoms with Crippen molar-refractivity contribution >= 4 is 7.82 Å². The van der Waals surface area contributed by atoms with Gasteiger partial charge in [0.15, 0.2) is 5.76 Å². The highest BCUT2D eigenvalue weighted by atomic mass is 31.2. The van der Waals surface area contributed by atoms with Crippen LogP contribution in [0.5, 0.6) is 0 Å². The van der Waals surface area contributed by atoms with Crippen molar-refractivity contribution in [3.05, 3.63) is 12.3 Å². The maximum atomic E-state index is 11.4. The molecule has 7 nitrogen and oxygen atoms in total. The number of ether oxygens (including phenoxy) is 3. The lowest BCUT2D eigenvalue weighted by molar-refractivity contribution is -0.340. The van der Waals surface area contributed by atoms with E-state index in [-0.39, 0.29) is 19.0 Å². The molecule has 0 aliphatic rings. The minimum absolute atomic E-state index is 0.0820. The topological polar surface area (TPSA) is 94.5 Å². The Bertz CT molecular complexity index is 357. The number of phosphoric acid groups is 1. The Morgan fingerprint density at radius 2 is 1.39 bits per heavy atom. The molecule has 0 saturated heterocycles. The van der Waals surface area contributed by atoms with Gasteiger partial charge in [-0.1, -0.05) is 46.6 Å². The second-order valence-electron chi connectivity index (χ2n) is 5.17. The molecule has 0 atom stereocenters. The lowest BCUT2D eigenvalue weighted by Gasteiger charge is -2.33. The van der Waals surface area contributed by atoms with Crippen LogP contribution in [0.1, 0.15) is 59.3 Å². The largest absolute Gasteiger partial charge is 0.490 e. The highest BCUT2D eigenvalue weighted by molar-refractivity contribution is 7.46. The molecule has 0 aromatic rings. The Balaban J connectivity index is 5.15. The molecule has 2 N–H and O–H groups in total. The third kappa shape index (κ3) is 10.1. The summed E-state index contributed by atoms with van der Waals surface area (Å²) in [5, 5.41) is 0. The van der Waals surface area contributed by atoms with Gasteiger partial charge < -0.3 is 24.0 Å². The van der Waals surface area contributed by atoms with Gasteiger partial charge in [0.05, 0.1) is 19.8 Å². The zero-order valence-electron chi connectivity index (χ0n) is 14.5. The van der Waals surface area contributed by atoms with Gasteiger partial charge in [0.2, 0.25) is 0 Å². The van der Waals surface area contributed by atoms with Crippen molar-refractivity contribution in [3.8, 4) is 0 Å². The van der Waals surface area contributed by atoms with Crippen molar-refractivity contribution in [2.24, 2.45) is 0 Å². The first-order chi connectivity index (χ1) is 10.8. The third-order valence-electron chi connectivity index (χ3n) is 2.93. The highest BCUT2D eigenvalue weighted by Gasteiger charge is 2.45. The number of rotatable bonds is 15. The standard InChI is InChI=1S/C15H31O7P/c1-5-8-11-19-14(4)15(20-12-9-6-2,21-13-10-7-3)22-23(16,17)18/h4-13H2,1-3H3,(H2,16,17,18). The first-order valence-electron chi connectivity index (χ1n) is 8.17. The van der Waals surface area contributed by atoms with Crippen molar-refractivity contribution < 1.29 is 33.1 Å². The zero-order chi connectivity index (χ0) is 17.8. The van der Waals surface area contributed by atoms with Crippen LogP contribution in [0.25, 0.3) is 0 Å². The van der Waals surface area contributed by atoms with Crippen LogP contribution in [0.2, 0.25) is 0 Å². The number of hydrogen-bond acceptors (Lipinski definition) is 5. The van der Waals surface area contributed by atoms with E-state index in [4.69, 9.17) is 18.7 Å². The summed E-state index contributed by atoms with van der Waals surface area (Å²) in [6.45, 7) is 10.4. The maximum Gasteiger partial charge on any atom is 0.474 e. The fourth-order valence-electron chi connectivity index (χ4n) is 1.59. The molecule has 0 spiro atoms. The minimum atomic E-state index is -4.87. The van der Waals surface area contributed by atoms with Gasteiger partial charge in [-0.15, -0.1) is 0 Å². The third-order valence-corrected chi connectivity index (χ3v) is 3.41. The number of phosphoric ester groups is 1. The molecule has 0 aromatic heterocycles. The Labute approximate surface area is 139 Å². The molecule has 0 radical (unpaired) electrons. The van der Waals surface area contributed by atoms with E-state index in [1.54, 1.807) is 0 Å². The van der Waals surface area contributed by atoms with E-state index in [9.17, 15) is 14.4 Å². The molecule has 0 bridgehead atoms. The Hall–Kier alpha value is -0.430. The van der Waals surface area contributed by atoms with Gasteiger partial charge in [0, 0.05) is 0 Å². The predicted octanol–water partition coefficient (Wildman–Crippen LogP) is 3.71. The molecular weight excluding hydrogens is 323 g/mol.